The van der Waals surface area contributed by atoms with Gasteiger partial charge in [0.05, 0.1) is 12.3 Å². The van der Waals surface area contributed by atoms with Crippen molar-refractivity contribution in [3.05, 3.63) is 24.3 Å². The van der Waals surface area contributed by atoms with Gasteiger partial charge in [-0.1, -0.05) is 12.1 Å². The van der Waals surface area contributed by atoms with Gasteiger partial charge in [0.15, 0.2) is 0 Å². The van der Waals surface area contributed by atoms with Crippen LogP contribution in [0.15, 0.2) is 24.3 Å². The van der Waals surface area contributed by atoms with Gasteiger partial charge >= 0.3 is 0 Å². The summed E-state index contributed by atoms with van der Waals surface area (Å²) in [5.41, 5.74) is 1.20. The summed E-state index contributed by atoms with van der Waals surface area (Å²) in [5, 5.41) is 3.41. The molecule has 1 aromatic carbocycles. The maximum absolute atomic E-state index is 5.67. The Hall–Kier alpha value is -1.22. The highest BCUT2D eigenvalue weighted by Crippen LogP contribution is 2.28. The molecule has 0 aromatic heterocycles. The van der Waals surface area contributed by atoms with E-state index in [0.717, 1.165) is 37.9 Å². The molecule has 1 saturated heterocycles. The number of benzene rings is 1. The molecule has 1 N–H and O–H groups in total. The van der Waals surface area contributed by atoms with Crippen molar-refractivity contribution < 1.29 is 4.74 Å². The lowest BCUT2D eigenvalue weighted by atomic mass is 10.1. The van der Waals surface area contributed by atoms with Crippen molar-refractivity contribution in [2.45, 2.75) is 13.3 Å². The molecule has 0 bridgehead atoms. The van der Waals surface area contributed by atoms with E-state index in [1.807, 2.05) is 19.1 Å². The maximum atomic E-state index is 5.67. The van der Waals surface area contributed by atoms with Gasteiger partial charge in [-0.15, -0.1) is 0 Å². The lowest BCUT2D eigenvalue weighted by Gasteiger charge is -2.24. The van der Waals surface area contributed by atoms with Gasteiger partial charge in [0, 0.05) is 13.6 Å². The van der Waals surface area contributed by atoms with E-state index in [2.05, 4.69) is 29.4 Å². The monoisotopic (exact) mass is 234 g/mol. The van der Waals surface area contributed by atoms with E-state index < -0.39 is 0 Å². The van der Waals surface area contributed by atoms with Crippen molar-refractivity contribution in [1.82, 2.24) is 5.32 Å². The highest BCUT2D eigenvalue weighted by molar-refractivity contribution is 5.57. The molecule has 1 unspecified atom stereocenters. The fourth-order valence-corrected chi connectivity index (χ4v) is 2.41. The first kappa shape index (κ1) is 12.2. The van der Waals surface area contributed by atoms with Crippen molar-refractivity contribution in [3.63, 3.8) is 0 Å². The first-order valence-electron chi connectivity index (χ1n) is 6.45. The number of ether oxygens (including phenoxy) is 1. The first-order chi connectivity index (χ1) is 8.31. The minimum Gasteiger partial charge on any atom is -0.492 e. The molecule has 1 aromatic rings. The summed E-state index contributed by atoms with van der Waals surface area (Å²) in [5.74, 6) is 1.75. The van der Waals surface area contributed by atoms with E-state index in [4.69, 9.17) is 4.74 Å². The molecule has 3 nitrogen and oxygen atoms in total. The minimum absolute atomic E-state index is 0.718. The topological polar surface area (TPSA) is 24.5 Å². The van der Waals surface area contributed by atoms with Crippen molar-refractivity contribution in [3.8, 4) is 5.75 Å². The Labute approximate surface area is 104 Å². The van der Waals surface area contributed by atoms with Gasteiger partial charge in [0.1, 0.15) is 5.75 Å². The third kappa shape index (κ3) is 3.13. The fraction of sp³-hybridized carbons (Fsp3) is 0.571. The lowest BCUT2D eigenvalue weighted by Crippen LogP contribution is -2.27. The van der Waals surface area contributed by atoms with Gasteiger partial charge in [0.25, 0.3) is 0 Å². The zero-order chi connectivity index (χ0) is 12.1. The molecule has 2 rings (SSSR count). The summed E-state index contributed by atoms with van der Waals surface area (Å²) < 4.78 is 5.67. The lowest BCUT2D eigenvalue weighted by molar-refractivity contribution is 0.340. The molecule has 1 fully saturated rings. The molecule has 1 aliphatic rings. The molecule has 0 aliphatic carbocycles. The average molecular weight is 234 g/mol. The normalized spacial score (nSPS) is 19.3. The SMILES string of the molecule is CCOc1ccccc1N(C)CC1CCNC1. The van der Waals surface area contributed by atoms with E-state index in [-0.39, 0.29) is 0 Å². The molecule has 17 heavy (non-hydrogen) atoms. The van der Waals surface area contributed by atoms with E-state index in [1.165, 1.54) is 12.1 Å². The summed E-state index contributed by atoms with van der Waals surface area (Å²) in [6.07, 6.45) is 1.28. The van der Waals surface area contributed by atoms with Crippen LogP contribution in [-0.2, 0) is 0 Å². The van der Waals surface area contributed by atoms with Crippen LogP contribution < -0.4 is 15.0 Å². The number of hydrogen-bond donors (Lipinski definition) is 1. The Kier molecular flexibility index (Phi) is 4.26. The van der Waals surface area contributed by atoms with Crippen LogP contribution in [-0.4, -0.2) is 33.3 Å². The Morgan fingerprint density at radius 2 is 2.24 bits per heavy atom. The van der Waals surface area contributed by atoms with Gasteiger partial charge in [-0.25, -0.2) is 0 Å². The number of anilines is 1. The average Bonchev–Trinajstić information content (AvgIpc) is 2.83. The van der Waals surface area contributed by atoms with Gasteiger partial charge in [-0.3, -0.25) is 0 Å². The molecule has 0 radical (unpaired) electrons. The van der Waals surface area contributed by atoms with Gasteiger partial charge < -0.3 is 15.0 Å². The molecule has 0 saturated carbocycles. The summed E-state index contributed by atoms with van der Waals surface area (Å²) in [6, 6.07) is 8.27. The van der Waals surface area contributed by atoms with Crippen LogP contribution in [0.1, 0.15) is 13.3 Å². The predicted octanol–water partition coefficient (Wildman–Crippen LogP) is 2.13. The summed E-state index contributed by atoms with van der Waals surface area (Å²) in [6.45, 7) is 6.14. The van der Waals surface area contributed by atoms with Gasteiger partial charge in [-0.2, -0.15) is 0 Å². The maximum Gasteiger partial charge on any atom is 0.142 e. The van der Waals surface area contributed by atoms with Crippen molar-refractivity contribution >= 4 is 5.69 Å². The second kappa shape index (κ2) is 5.92. The molecule has 3 heteroatoms. The molecular formula is C14H22N2O. The molecule has 0 spiro atoms. The molecule has 1 aliphatic heterocycles. The predicted molar refractivity (Wildman–Crippen MR) is 71.9 cm³/mol. The highest BCUT2D eigenvalue weighted by atomic mass is 16.5. The van der Waals surface area contributed by atoms with Crippen LogP contribution in [0.2, 0.25) is 0 Å². The number of para-hydroxylation sites is 2. The van der Waals surface area contributed by atoms with Crippen molar-refractivity contribution in [1.29, 1.82) is 0 Å². The van der Waals surface area contributed by atoms with E-state index in [1.54, 1.807) is 0 Å². The summed E-state index contributed by atoms with van der Waals surface area (Å²) in [7, 11) is 2.15. The van der Waals surface area contributed by atoms with Crippen molar-refractivity contribution in [2.24, 2.45) is 5.92 Å². The Balaban J connectivity index is 2.03. The summed E-state index contributed by atoms with van der Waals surface area (Å²) >= 11 is 0. The van der Waals surface area contributed by atoms with Crippen molar-refractivity contribution in [2.75, 3.05) is 38.2 Å². The number of hydrogen-bond acceptors (Lipinski definition) is 3. The number of rotatable bonds is 5. The molecule has 1 atom stereocenters. The van der Waals surface area contributed by atoms with Crippen LogP contribution in [0, 0.1) is 5.92 Å². The Morgan fingerprint density at radius 3 is 2.94 bits per heavy atom. The smallest absolute Gasteiger partial charge is 0.142 e. The Bertz CT molecular complexity index is 348. The first-order valence-corrected chi connectivity index (χ1v) is 6.45. The van der Waals surface area contributed by atoms with E-state index in [0.29, 0.717) is 0 Å². The fourth-order valence-electron chi connectivity index (χ4n) is 2.41. The zero-order valence-electron chi connectivity index (χ0n) is 10.8. The highest BCUT2D eigenvalue weighted by Gasteiger charge is 2.17. The number of nitrogens with zero attached hydrogens (tertiary/aromatic N) is 1. The van der Waals surface area contributed by atoms with E-state index >= 15 is 0 Å². The largest absolute Gasteiger partial charge is 0.492 e. The minimum atomic E-state index is 0.718. The molecule has 0 amide bonds. The number of nitrogens with one attached hydrogen (secondary N) is 1. The molecule has 94 valence electrons. The van der Waals surface area contributed by atoms with Gasteiger partial charge in [0.2, 0.25) is 0 Å². The molecular weight excluding hydrogens is 212 g/mol. The third-order valence-electron chi connectivity index (χ3n) is 3.27. The quantitative estimate of drug-likeness (QED) is 0.844. The van der Waals surface area contributed by atoms with Crippen LogP contribution >= 0.6 is 0 Å². The second-order valence-electron chi connectivity index (χ2n) is 4.64. The van der Waals surface area contributed by atoms with Crippen LogP contribution in [0.3, 0.4) is 0 Å². The molecule has 1 heterocycles. The zero-order valence-corrected chi connectivity index (χ0v) is 10.8. The van der Waals surface area contributed by atoms with Gasteiger partial charge in [-0.05, 0) is 44.5 Å². The standard InChI is InChI=1S/C14H22N2O/c1-3-17-14-7-5-4-6-13(14)16(2)11-12-8-9-15-10-12/h4-7,12,15H,3,8-11H2,1-2H3. The van der Waals surface area contributed by atoms with Crippen LogP contribution in [0.4, 0.5) is 5.69 Å². The van der Waals surface area contributed by atoms with E-state index in [9.17, 15) is 0 Å². The van der Waals surface area contributed by atoms with Crippen LogP contribution in [0.25, 0.3) is 0 Å². The second-order valence-corrected chi connectivity index (χ2v) is 4.64. The summed E-state index contributed by atoms with van der Waals surface area (Å²) in [4.78, 5) is 2.31. The Morgan fingerprint density at radius 1 is 1.41 bits per heavy atom. The van der Waals surface area contributed by atoms with Crippen LogP contribution in [0.5, 0.6) is 5.75 Å². The third-order valence-corrected chi connectivity index (χ3v) is 3.27.